The van der Waals surface area contributed by atoms with E-state index in [0.717, 1.165) is 27.7 Å². The number of rotatable bonds is 6. The van der Waals surface area contributed by atoms with E-state index in [2.05, 4.69) is 0 Å². The molecule has 0 aliphatic carbocycles. The Morgan fingerprint density at radius 1 is 0.774 bits per heavy atom. The van der Waals surface area contributed by atoms with Gasteiger partial charge in [-0.1, -0.05) is 60.7 Å². The number of benzene rings is 3. The number of nitrogens with zero attached hydrogens (tertiary/aromatic N) is 2. The molecule has 7 heteroatoms. The van der Waals surface area contributed by atoms with Crippen LogP contribution in [0.2, 0.25) is 0 Å². The third-order valence-electron chi connectivity index (χ3n) is 5.51. The van der Waals surface area contributed by atoms with Crippen LogP contribution in [0.1, 0.15) is 27.8 Å². The van der Waals surface area contributed by atoms with E-state index < -0.39 is 0 Å². The monoisotopic (exact) mass is 412 g/mol. The minimum absolute atomic E-state index is 0.0282. The number of aryl methyl sites for hydroxylation is 1. The van der Waals surface area contributed by atoms with Crippen molar-refractivity contribution in [2.45, 2.75) is 20.0 Å². The predicted octanol–water partition coefficient (Wildman–Crippen LogP) is 2.78. The van der Waals surface area contributed by atoms with Crippen LogP contribution < -0.4 is 17.2 Å². The molecule has 0 aliphatic heterocycles. The van der Waals surface area contributed by atoms with Crippen molar-refractivity contribution in [1.82, 2.24) is 9.13 Å². The van der Waals surface area contributed by atoms with Crippen LogP contribution in [0.25, 0.3) is 11.0 Å². The number of hydrogen-bond acceptors (Lipinski definition) is 3. The zero-order chi connectivity index (χ0) is 22.1. The zero-order valence-corrected chi connectivity index (χ0v) is 17.2. The average Bonchev–Trinajstić information content (AvgIpc) is 3.01. The molecule has 0 saturated heterocycles. The van der Waals surface area contributed by atoms with Crippen molar-refractivity contribution in [1.29, 1.82) is 10.8 Å². The van der Waals surface area contributed by atoms with Gasteiger partial charge in [-0.2, -0.15) is 0 Å². The van der Waals surface area contributed by atoms with Crippen LogP contribution in [0, 0.1) is 17.7 Å². The number of aromatic nitrogens is 2. The topological polar surface area (TPSA) is 127 Å². The lowest BCUT2D eigenvalue weighted by atomic mass is 10.1. The summed E-state index contributed by atoms with van der Waals surface area (Å²) in [5, 5.41) is 15.7. The van der Waals surface area contributed by atoms with Gasteiger partial charge in [0.25, 0.3) is 0 Å². The summed E-state index contributed by atoms with van der Waals surface area (Å²) in [7, 11) is 0. The molecule has 156 valence electrons. The largest absolute Gasteiger partial charge is 0.384 e. The normalized spacial score (nSPS) is 11.0. The molecule has 0 bridgehead atoms. The van der Waals surface area contributed by atoms with E-state index >= 15 is 0 Å². The minimum atomic E-state index is -0.166. The number of nitrogens with one attached hydrogen (secondary N) is 2. The highest BCUT2D eigenvalue weighted by Crippen LogP contribution is 2.21. The molecule has 0 fully saturated rings. The van der Waals surface area contributed by atoms with Crippen molar-refractivity contribution < 1.29 is 0 Å². The Balaban J connectivity index is 1.90. The van der Waals surface area contributed by atoms with Gasteiger partial charge in [0, 0.05) is 11.1 Å². The quantitative estimate of drug-likeness (QED) is 0.287. The zero-order valence-electron chi connectivity index (χ0n) is 17.2. The van der Waals surface area contributed by atoms with Crippen LogP contribution >= 0.6 is 0 Å². The summed E-state index contributed by atoms with van der Waals surface area (Å²) in [5.74, 6) is -0.0570. The fourth-order valence-corrected chi connectivity index (χ4v) is 4.04. The fourth-order valence-electron chi connectivity index (χ4n) is 4.04. The van der Waals surface area contributed by atoms with Crippen molar-refractivity contribution in [2.75, 3.05) is 0 Å². The number of imidazole rings is 1. The first-order valence-corrected chi connectivity index (χ1v) is 9.91. The lowest BCUT2D eigenvalue weighted by molar-refractivity contribution is 0.699. The molecular weight excluding hydrogens is 388 g/mol. The maximum atomic E-state index is 13.6. The van der Waals surface area contributed by atoms with Crippen molar-refractivity contribution in [3.05, 3.63) is 105 Å². The molecule has 31 heavy (non-hydrogen) atoms. The number of nitrogen functional groups attached to an aromatic ring is 2. The molecule has 7 nitrogen and oxygen atoms in total. The predicted molar refractivity (Wildman–Crippen MR) is 124 cm³/mol. The molecule has 0 atom stereocenters. The molecule has 0 saturated carbocycles. The van der Waals surface area contributed by atoms with Gasteiger partial charge in [0.15, 0.2) is 0 Å². The van der Waals surface area contributed by atoms with Crippen LogP contribution in [0.3, 0.4) is 0 Å². The second-order valence-electron chi connectivity index (χ2n) is 7.54. The number of hydrogen-bond donors (Lipinski definition) is 4. The molecule has 6 N–H and O–H groups in total. The van der Waals surface area contributed by atoms with Crippen molar-refractivity contribution >= 4 is 22.7 Å². The molecule has 3 aromatic carbocycles. The number of fused-ring (bicyclic) bond motifs is 1. The van der Waals surface area contributed by atoms with Gasteiger partial charge in [-0.05, 0) is 29.7 Å². The summed E-state index contributed by atoms with van der Waals surface area (Å²) < 4.78 is 3.43. The molecular formula is C24H24N6O. The van der Waals surface area contributed by atoms with E-state index in [1.165, 1.54) is 0 Å². The fraction of sp³-hybridized carbons (Fsp3) is 0.125. The van der Waals surface area contributed by atoms with Crippen LogP contribution in [0.15, 0.2) is 71.5 Å². The Bertz CT molecular complexity index is 1380. The van der Waals surface area contributed by atoms with E-state index in [0.29, 0.717) is 24.2 Å². The molecule has 1 heterocycles. The van der Waals surface area contributed by atoms with Crippen LogP contribution in [0.5, 0.6) is 0 Å². The van der Waals surface area contributed by atoms with Gasteiger partial charge in [0.1, 0.15) is 11.7 Å². The van der Waals surface area contributed by atoms with E-state index in [-0.39, 0.29) is 17.4 Å². The third kappa shape index (κ3) is 3.61. The van der Waals surface area contributed by atoms with Crippen molar-refractivity contribution in [2.24, 2.45) is 11.5 Å². The van der Waals surface area contributed by atoms with Gasteiger partial charge in [0.05, 0.1) is 24.1 Å². The number of para-hydroxylation sites is 1. The smallest absolute Gasteiger partial charge is 0.329 e. The van der Waals surface area contributed by atoms with Crippen molar-refractivity contribution in [3.63, 3.8) is 0 Å². The standard InChI is InChI=1S/C24H24N6O/c1-15-7-6-12-20-21(15)30(14-17-9-3-5-11-19(17)23(27)28)24(31)29(20)13-16-8-2-4-10-18(16)22(25)26/h2-12H,13-14H2,1H3,(H3,25,26)(H3,27,28). The minimum Gasteiger partial charge on any atom is -0.384 e. The first-order valence-electron chi connectivity index (χ1n) is 9.91. The molecule has 0 radical (unpaired) electrons. The maximum absolute atomic E-state index is 13.6. The first kappa shape index (κ1) is 20.2. The van der Waals surface area contributed by atoms with Gasteiger partial charge in [-0.25, -0.2) is 4.79 Å². The SMILES string of the molecule is Cc1cccc2c1n(Cc1ccccc1C(=N)N)c(=O)n2Cc1ccccc1C(=N)N. The average molecular weight is 412 g/mol. The van der Waals surface area contributed by atoms with Gasteiger partial charge in [-0.3, -0.25) is 20.0 Å². The Morgan fingerprint density at radius 3 is 1.84 bits per heavy atom. The molecule has 4 rings (SSSR count). The molecule has 0 aliphatic rings. The van der Waals surface area contributed by atoms with Gasteiger partial charge in [0.2, 0.25) is 0 Å². The Hall–Kier alpha value is -4.13. The number of nitrogens with two attached hydrogens (primary N) is 2. The summed E-state index contributed by atoms with van der Waals surface area (Å²) in [4.78, 5) is 13.6. The van der Waals surface area contributed by atoms with Gasteiger partial charge < -0.3 is 11.5 Å². The lowest BCUT2D eigenvalue weighted by Gasteiger charge is -2.10. The first-order chi connectivity index (χ1) is 14.9. The Morgan fingerprint density at radius 2 is 1.29 bits per heavy atom. The Labute approximate surface area is 179 Å². The lowest BCUT2D eigenvalue weighted by Crippen LogP contribution is -2.27. The van der Waals surface area contributed by atoms with E-state index in [9.17, 15) is 4.79 Å². The van der Waals surface area contributed by atoms with Crippen LogP contribution in [-0.4, -0.2) is 20.8 Å². The highest BCUT2D eigenvalue weighted by molar-refractivity contribution is 5.97. The van der Waals surface area contributed by atoms with Crippen LogP contribution in [0.4, 0.5) is 0 Å². The van der Waals surface area contributed by atoms with Gasteiger partial charge >= 0.3 is 5.69 Å². The summed E-state index contributed by atoms with van der Waals surface area (Å²) in [6.07, 6.45) is 0. The molecule has 0 amide bonds. The molecule has 1 aromatic heterocycles. The van der Waals surface area contributed by atoms with E-state index in [1.54, 1.807) is 21.3 Å². The summed E-state index contributed by atoms with van der Waals surface area (Å²) >= 11 is 0. The maximum Gasteiger partial charge on any atom is 0.329 e. The second kappa shape index (κ2) is 7.95. The summed E-state index contributed by atoms with van der Waals surface area (Å²) in [5.41, 5.74) is 16.8. The highest BCUT2D eigenvalue weighted by Gasteiger charge is 2.18. The number of amidine groups is 2. The summed E-state index contributed by atoms with van der Waals surface area (Å²) in [6, 6.07) is 20.6. The third-order valence-corrected chi connectivity index (χ3v) is 5.51. The summed E-state index contributed by atoms with van der Waals surface area (Å²) in [6.45, 7) is 2.58. The second-order valence-corrected chi connectivity index (χ2v) is 7.54. The Kier molecular flexibility index (Phi) is 5.17. The van der Waals surface area contributed by atoms with Crippen LogP contribution in [-0.2, 0) is 13.1 Å². The molecule has 4 aromatic rings. The highest BCUT2D eigenvalue weighted by atomic mass is 16.1. The molecule has 0 spiro atoms. The van der Waals surface area contributed by atoms with Gasteiger partial charge in [-0.15, -0.1) is 0 Å². The van der Waals surface area contributed by atoms with E-state index in [4.69, 9.17) is 22.3 Å². The van der Waals surface area contributed by atoms with Crippen molar-refractivity contribution in [3.8, 4) is 0 Å². The molecule has 0 unspecified atom stereocenters. The van der Waals surface area contributed by atoms with E-state index in [1.807, 2.05) is 61.5 Å².